The minimum Gasteiger partial charge on any atom is -0.354 e. The molecule has 8 nitrogen and oxygen atoms in total. The van der Waals surface area contributed by atoms with E-state index in [-0.39, 0.29) is 17.7 Å². The SMILES string of the molecule is CC(C)CCC(=O)N(C)c1ccc(N/C(=C2\C(=O)Nc3cc(NC(=O)C4=Nc5ccccc5C4)ccc32)c2ccccc2)cc1. The van der Waals surface area contributed by atoms with Crippen molar-refractivity contribution < 1.29 is 14.4 Å². The molecule has 3 N–H and O–H groups in total. The summed E-state index contributed by atoms with van der Waals surface area (Å²) >= 11 is 0. The standard InChI is InChI=1S/C37H35N5O3/c1-23(2)13-20-33(43)42(3)28-17-14-26(15-18-28)38-35(24-9-5-4-6-10-24)34-29-19-16-27(22-31(29)41-37(34)45)39-36(44)32-21-25-11-7-8-12-30(25)40-32/h4-12,14-19,22-23,38H,13,20-21H2,1-3H3,(H,39,44)(H,41,45)/b35-34-. The summed E-state index contributed by atoms with van der Waals surface area (Å²) in [5, 5.41) is 9.37. The summed E-state index contributed by atoms with van der Waals surface area (Å²) in [4.78, 5) is 45.3. The molecule has 4 aromatic carbocycles. The average molecular weight is 598 g/mol. The van der Waals surface area contributed by atoms with Gasteiger partial charge in [-0.05, 0) is 72.0 Å². The fourth-order valence-corrected chi connectivity index (χ4v) is 5.49. The van der Waals surface area contributed by atoms with Gasteiger partial charge in [0.05, 0.1) is 22.6 Å². The van der Waals surface area contributed by atoms with E-state index < -0.39 is 0 Å². The highest BCUT2D eigenvalue weighted by molar-refractivity contribution is 6.45. The lowest BCUT2D eigenvalue weighted by Gasteiger charge is -2.19. The third-order valence-corrected chi connectivity index (χ3v) is 8.04. The van der Waals surface area contributed by atoms with Crippen molar-refractivity contribution in [3.8, 4) is 0 Å². The number of rotatable bonds is 9. The summed E-state index contributed by atoms with van der Waals surface area (Å²) < 4.78 is 0. The van der Waals surface area contributed by atoms with E-state index in [4.69, 9.17) is 0 Å². The number of carbonyl (C=O) groups excluding carboxylic acids is 3. The predicted molar refractivity (Wildman–Crippen MR) is 182 cm³/mol. The molecule has 2 heterocycles. The second-order valence-electron chi connectivity index (χ2n) is 11.7. The minimum atomic E-state index is -0.270. The molecule has 0 unspecified atom stereocenters. The number of aliphatic imine (C=N–C) groups is 1. The minimum absolute atomic E-state index is 0.0765. The Bertz CT molecular complexity index is 1840. The van der Waals surface area contributed by atoms with Crippen molar-refractivity contribution in [2.75, 3.05) is 27.9 Å². The lowest BCUT2D eigenvalue weighted by atomic mass is 9.99. The lowest BCUT2D eigenvalue weighted by molar-refractivity contribution is -0.118. The van der Waals surface area contributed by atoms with Gasteiger partial charge in [0.15, 0.2) is 0 Å². The lowest BCUT2D eigenvalue weighted by Crippen LogP contribution is -2.26. The van der Waals surface area contributed by atoms with Crippen LogP contribution in [0.1, 0.15) is 43.4 Å². The maximum atomic E-state index is 13.5. The highest BCUT2D eigenvalue weighted by Gasteiger charge is 2.29. The highest BCUT2D eigenvalue weighted by Crippen LogP contribution is 2.39. The van der Waals surface area contributed by atoms with E-state index in [0.29, 0.717) is 47.1 Å². The van der Waals surface area contributed by atoms with Crippen LogP contribution in [0.3, 0.4) is 0 Å². The molecule has 3 amide bonds. The largest absolute Gasteiger partial charge is 0.354 e. The smallest absolute Gasteiger partial charge is 0.270 e. The van der Waals surface area contributed by atoms with Crippen LogP contribution < -0.4 is 20.9 Å². The van der Waals surface area contributed by atoms with Gasteiger partial charge in [-0.25, -0.2) is 4.99 Å². The van der Waals surface area contributed by atoms with E-state index in [2.05, 4.69) is 34.8 Å². The summed E-state index contributed by atoms with van der Waals surface area (Å²) in [7, 11) is 1.79. The Hall–Kier alpha value is -5.50. The molecule has 0 bridgehead atoms. The van der Waals surface area contributed by atoms with E-state index in [9.17, 15) is 14.4 Å². The number of benzene rings is 4. The van der Waals surface area contributed by atoms with Crippen molar-refractivity contribution in [3.05, 3.63) is 114 Å². The van der Waals surface area contributed by atoms with Gasteiger partial charge in [0.2, 0.25) is 5.91 Å². The summed E-state index contributed by atoms with van der Waals surface area (Å²) in [6.45, 7) is 4.22. The number of para-hydroxylation sites is 1. The van der Waals surface area contributed by atoms with Crippen molar-refractivity contribution in [1.29, 1.82) is 0 Å². The fraction of sp³-hybridized carbons (Fsp3) is 0.189. The molecule has 0 saturated carbocycles. The number of hydrogen-bond acceptors (Lipinski definition) is 5. The summed E-state index contributed by atoms with van der Waals surface area (Å²) in [5.41, 5.74) is 7.75. The third kappa shape index (κ3) is 6.40. The number of hydrogen-bond donors (Lipinski definition) is 3. The Balaban J connectivity index is 1.25. The maximum absolute atomic E-state index is 13.5. The Morgan fingerprint density at radius 2 is 1.60 bits per heavy atom. The van der Waals surface area contributed by atoms with Crippen LogP contribution in [0.25, 0.3) is 11.3 Å². The normalized spacial score (nSPS) is 14.3. The van der Waals surface area contributed by atoms with Gasteiger partial charge in [0.1, 0.15) is 5.71 Å². The first-order valence-corrected chi connectivity index (χ1v) is 15.1. The van der Waals surface area contributed by atoms with Crippen molar-refractivity contribution >= 4 is 63.1 Å². The third-order valence-electron chi connectivity index (χ3n) is 8.04. The van der Waals surface area contributed by atoms with Crippen LogP contribution in [0.15, 0.2) is 102 Å². The summed E-state index contributed by atoms with van der Waals surface area (Å²) in [6, 6.07) is 30.4. The maximum Gasteiger partial charge on any atom is 0.270 e. The zero-order valence-electron chi connectivity index (χ0n) is 25.6. The zero-order valence-corrected chi connectivity index (χ0v) is 25.6. The van der Waals surface area contributed by atoms with E-state index in [1.165, 1.54) is 0 Å². The van der Waals surface area contributed by atoms with Crippen molar-refractivity contribution in [2.45, 2.75) is 33.1 Å². The van der Waals surface area contributed by atoms with E-state index >= 15 is 0 Å². The van der Waals surface area contributed by atoms with Gasteiger partial charge in [-0.15, -0.1) is 0 Å². The van der Waals surface area contributed by atoms with Crippen molar-refractivity contribution in [2.24, 2.45) is 10.9 Å². The van der Waals surface area contributed by atoms with E-state index in [1.807, 2.05) is 84.9 Å². The molecule has 4 aromatic rings. The number of nitrogens with zero attached hydrogens (tertiary/aromatic N) is 2. The first kappa shape index (κ1) is 29.6. The van der Waals surface area contributed by atoms with Crippen LogP contribution in [0.5, 0.6) is 0 Å². The van der Waals surface area contributed by atoms with Gasteiger partial charge >= 0.3 is 0 Å². The molecular formula is C37H35N5O3. The Morgan fingerprint density at radius 3 is 2.33 bits per heavy atom. The molecule has 0 saturated heterocycles. The van der Waals surface area contributed by atoms with Crippen molar-refractivity contribution in [1.82, 2.24) is 0 Å². The van der Waals surface area contributed by atoms with Crippen LogP contribution in [-0.2, 0) is 20.8 Å². The van der Waals surface area contributed by atoms with E-state index in [1.54, 1.807) is 24.1 Å². The van der Waals surface area contributed by atoms with Crippen molar-refractivity contribution in [3.63, 3.8) is 0 Å². The summed E-state index contributed by atoms with van der Waals surface area (Å²) in [5.74, 6) is 0.0238. The summed E-state index contributed by atoms with van der Waals surface area (Å²) in [6.07, 6.45) is 1.83. The second kappa shape index (κ2) is 12.6. The topological polar surface area (TPSA) is 103 Å². The van der Waals surface area contributed by atoms with Gasteiger partial charge < -0.3 is 20.9 Å². The zero-order chi connectivity index (χ0) is 31.5. The Kier molecular flexibility index (Phi) is 8.29. The van der Waals surface area contributed by atoms with Crippen LogP contribution in [0, 0.1) is 5.92 Å². The van der Waals surface area contributed by atoms with Crippen LogP contribution in [0.4, 0.5) is 28.4 Å². The molecule has 0 aliphatic carbocycles. The molecular weight excluding hydrogens is 562 g/mol. The number of fused-ring (bicyclic) bond motifs is 2. The molecule has 226 valence electrons. The first-order valence-electron chi connectivity index (χ1n) is 15.1. The van der Waals surface area contributed by atoms with E-state index in [0.717, 1.165) is 40.2 Å². The molecule has 0 atom stereocenters. The number of nitrogens with one attached hydrogen (secondary N) is 3. The van der Waals surface area contributed by atoms with Crippen LogP contribution in [-0.4, -0.2) is 30.5 Å². The Morgan fingerprint density at radius 1 is 0.889 bits per heavy atom. The molecule has 0 aromatic heterocycles. The number of carbonyl (C=O) groups is 3. The average Bonchev–Trinajstić information content (AvgIpc) is 3.63. The monoisotopic (exact) mass is 597 g/mol. The molecule has 8 heteroatoms. The van der Waals surface area contributed by atoms with Gasteiger partial charge in [-0.3, -0.25) is 14.4 Å². The second-order valence-corrected chi connectivity index (χ2v) is 11.7. The first-order chi connectivity index (χ1) is 21.8. The molecule has 2 aliphatic heterocycles. The van der Waals surface area contributed by atoms with Gasteiger partial charge in [0.25, 0.3) is 11.8 Å². The van der Waals surface area contributed by atoms with Gasteiger partial charge in [0, 0.05) is 42.5 Å². The van der Waals surface area contributed by atoms with Crippen LogP contribution in [0.2, 0.25) is 0 Å². The van der Waals surface area contributed by atoms with Crippen LogP contribution >= 0.6 is 0 Å². The van der Waals surface area contributed by atoms with Gasteiger partial charge in [-0.2, -0.15) is 0 Å². The molecule has 45 heavy (non-hydrogen) atoms. The number of anilines is 4. The van der Waals surface area contributed by atoms with Gasteiger partial charge in [-0.1, -0.05) is 62.4 Å². The predicted octanol–water partition coefficient (Wildman–Crippen LogP) is 7.29. The quantitative estimate of drug-likeness (QED) is 0.176. The molecule has 2 aliphatic rings. The molecule has 0 spiro atoms. The fourth-order valence-electron chi connectivity index (χ4n) is 5.49. The highest BCUT2D eigenvalue weighted by atomic mass is 16.2. The Labute approximate surface area is 262 Å². The molecule has 6 rings (SSSR count). The number of amides is 3. The molecule has 0 fully saturated rings. The molecule has 0 radical (unpaired) electrons.